The van der Waals surface area contributed by atoms with Crippen molar-refractivity contribution in [3.8, 4) is 0 Å². The molecule has 0 spiro atoms. The molecule has 2 aromatic rings. The summed E-state index contributed by atoms with van der Waals surface area (Å²) in [7, 11) is 0. The van der Waals surface area contributed by atoms with Crippen molar-refractivity contribution in [2.24, 2.45) is 0 Å². The van der Waals surface area contributed by atoms with Gasteiger partial charge in [0.15, 0.2) is 0 Å². The van der Waals surface area contributed by atoms with Crippen molar-refractivity contribution >= 4 is 29.0 Å². The lowest BCUT2D eigenvalue weighted by molar-refractivity contribution is 0.0237. The maximum atomic E-state index is 12.1. The maximum absolute atomic E-state index is 12.1. The first-order chi connectivity index (χ1) is 11.8. The van der Waals surface area contributed by atoms with Crippen molar-refractivity contribution in [1.29, 1.82) is 0 Å². The standard InChI is InChI=1S/C19H24N4O2/c1-19(2,3)25-18(24)23-9-7-13(8-10-23)11-14-5-4-6-16-15(14)12-21-17(20)22-16/h4-6,11-12H,7-10H2,1-3H3,(H2,20,21,22). The third kappa shape index (κ3) is 4.26. The Bertz CT molecular complexity index is 814. The number of likely N-dealkylation sites (tertiary alicyclic amines) is 1. The molecule has 1 aromatic carbocycles. The van der Waals surface area contributed by atoms with E-state index >= 15 is 0 Å². The Kier molecular flexibility index (Phi) is 4.61. The highest BCUT2D eigenvalue weighted by Gasteiger charge is 2.24. The van der Waals surface area contributed by atoms with E-state index in [4.69, 9.17) is 10.5 Å². The number of nitrogens with two attached hydrogens (primary N) is 1. The number of hydrogen-bond acceptors (Lipinski definition) is 5. The van der Waals surface area contributed by atoms with Gasteiger partial charge in [0.25, 0.3) is 0 Å². The number of rotatable bonds is 1. The van der Waals surface area contributed by atoms with Gasteiger partial charge >= 0.3 is 6.09 Å². The molecule has 3 rings (SSSR count). The molecule has 1 aliphatic rings. The van der Waals surface area contributed by atoms with Gasteiger partial charge in [-0.1, -0.05) is 23.8 Å². The minimum absolute atomic E-state index is 0.236. The molecular weight excluding hydrogens is 316 g/mol. The molecule has 2 heterocycles. The SMILES string of the molecule is CC(C)(C)OC(=O)N1CCC(=Cc2cccc3nc(N)ncc23)CC1. The molecule has 0 saturated carbocycles. The molecule has 1 aromatic heterocycles. The van der Waals surface area contributed by atoms with E-state index in [-0.39, 0.29) is 12.0 Å². The molecule has 0 aliphatic carbocycles. The van der Waals surface area contributed by atoms with Gasteiger partial charge in [-0.15, -0.1) is 0 Å². The first-order valence-electron chi connectivity index (χ1n) is 8.50. The summed E-state index contributed by atoms with van der Waals surface area (Å²) in [5, 5.41) is 0.985. The predicted molar refractivity (Wildman–Crippen MR) is 99.0 cm³/mol. The summed E-state index contributed by atoms with van der Waals surface area (Å²) in [4.78, 5) is 22.3. The number of carbonyl (C=O) groups is 1. The van der Waals surface area contributed by atoms with Gasteiger partial charge in [-0.25, -0.2) is 14.8 Å². The van der Waals surface area contributed by atoms with Crippen molar-refractivity contribution in [2.45, 2.75) is 39.2 Å². The Labute approximate surface area is 147 Å². The number of nitrogens with zero attached hydrogens (tertiary/aromatic N) is 3. The minimum Gasteiger partial charge on any atom is -0.444 e. The van der Waals surface area contributed by atoms with Crippen molar-refractivity contribution in [1.82, 2.24) is 14.9 Å². The first kappa shape index (κ1) is 17.2. The molecule has 25 heavy (non-hydrogen) atoms. The Morgan fingerprint density at radius 1 is 1.28 bits per heavy atom. The quantitative estimate of drug-likeness (QED) is 0.857. The van der Waals surface area contributed by atoms with Crippen LogP contribution in [0.3, 0.4) is 0 Å². The lowest BCUT2D eigenvalue weighted by Gasteiger charge is -2.31. The van der Waals surface area contributed by atoms with E-state index in [1.807, 2.05) is 32.9 Å². The average molecular weight is 340 g/mol. The third-order valence-electron chi connectivity index (χ3n) is 4.09. The molecule has 0 atom stereocenters. The molecule has 132 valence electrons. The molecule has 1 saturated heterocycles. The minimum atomic E-state index is -0.460. The number of carbonyl (C=O) groups excluding carboxylic acids is 1. The first-order valence-corrected chi connectivity index (χ1v) is 8.50. The Balaban J connectivity index is 1.72. The topological polar surface area (TPSA) is 81.3 Å². The molecule has 0 unspecified atom stereocenters. The summed E-state index contributed by atoms with van der Waals surface area (Å²) in [6, 6.07) is 5.95. The zero-order valence-corrected chi connectivity index (χ0v) is 15.0. The summed E-state index contributed by atoms with van der Waals surface area (Å²) in [6.45, 7) is 7.00. The lowest BCUT2D eigenvalue weighted by Crippen LogP contribution is -2.40. The molecule has 1 aliphatic heterocycles. The summed E-state index contributed by atoms with van der Waals surface area (Å²) in [5.41, 5.74) is 8.43. The van der Waals surface area contributed by atoms with Crippen molar-refractivity contribution in [3.05, 3.63) is 35.5 Å². The van der Waals surface area contributed by atoms with Crippen LogP contribution in [0.1, 0.15) is 39.2 Å². The number of anilines is 1. The van der Waals surface area contributed by atoms with Crippen LogP contribution < -0.4 is 5.73 Å². The number of piperidine rings is 1. The van der Waals surface area contributed by atoms with Gasteiger partial charge in [-0.05, 0) is 45.2 Å². The molecule has 0 bridgehead atoms. The lowest BCUT2D eigenvalue weighted by atomic mass is 9.99. The second-order valence-corrected chi connectivity index (χ2v) is 7.28. The van der Waals surface area contributed by atoms with Crippen LogP contribution in [0.2, 0.25) is 0 Å². The number of amides is 1. The maximum Gasteiger partial charge on any atom is 0.410 e. The normalized spacial score (nSPS) is 15.3. The van der Waals surface area contributed by atoms with Crippen LogP contribution in [-0.2, 0) is 4.74 Å². The van der Waals surface area contributed by atoms with E-state index in [0.29, 0.717) is 13.1 Å². The molecule has 1 fully saturated rings. The molecule has 1 amide bonds. The van der Waals surface area contributed by atoms with Crippen molar-refractivity contribution in [2.75, 3.05) is 18.8 Å². The largest absolute Gasteiger partial charge is 0.444 e. The second-order valence-electron chi connectivity index (χ2n) is 7.28. The summed E-state index contributed by atoms with van der Waals surface area (Å²) >= 11 is 0. The highest BCUT2D eigenvalue weighted by atomic mass is 16.6. The Morgan fingerprint density at radius 2 is 2.00 bits per heavy atom. The molecular formula is C19H24N4O2. The van der Waals surface area contributed by atoms with E-state index < -0.39 is 5.60 Å². The fourth-order valence-corrected chi connectivity index (χ4v) is 2.88. The Hall–Kier alpha value is -2.63. The van der Waals surface area contributed by atoms with E-state index in [0.717, 1.165) is 29.3 Å². The summed E-state index contributed by atoms with van der Waals surface area (Å²) in [5.74, 6) is 0.281. The van der Waals surface area contributed by atoms with Crippen LogP contribution in [0, 0.1) is 0 Å². The van der Waals surface area contributed by atoms with Gasteiger partial charge in [-0.3, -0.25) is 0 Å². The van der Waals surface area contributed by atoms with Crippen LogP contribution in [0.5, 0.6) is 0 Å². The van der Waals surface area contributed by atoms with Gasteiger partial charge in [-0.2, -0.15) is 0 Å². The van der Waals surface area contributed by atoms with Crippen LogP contribution in [0.25, 0.3) is 17.0 Å². The van der Waals surface area contributed by atoms with Gasteiger partial charge in [0.1, 0.15) is 5.60 Å². The number of ether oxygens (including phenoxy) is 1. The molecule has 6 nitrogen and oxygen atoms in total. The van der Waals surface area contributed by atoms with Crippen LogP contribution in [-0.4, -0.2) is 39.7 Å². The fourth-order valence-electron chi connectivity index (χ4n) is 2.88. The van der Waals surface area contributed by atoms with E-state index in [1.54, 1.807) is 11.1 Å². The van der Waals surface area contributed by atoms with Gasteiger partial charge in [0.05, 0.1) is 5.52 Å². The zero-order chi connectivity index (χ0) is 18.0. The average Bonchev–Trinajstić information content (AvgIpc) is 2.54. The van der Waals surface area contributed by atoms with Gasteiger partial charge < -0.3 is 15.4 Å². The number of aromatic nitrogens is 2. The van der Waals surface area contributed by atoms with Crippen LogP contribution in [0.15, 0.2) is 30.0 Å². The predicted octanol–water partition coefficient (Wildman–Crippen LogP) is 3.63. The number of benzene rings is 1. The second kappa shape index (κ2) is 6.70. The number of hydrogen-bond donors (Lipinski definition) is 1. The van der Waals surface area contributed by atoms with Crippen molar-refractivity contribution in [3.63, 3.8) is 0 Å². The highest BCUT2D eigenvalue weighted by molar-refractivity contribution is 5.88. The molecule has 6 heteroatoms. The van der Waals surface area contributed by atoms with Gasteiger partial charge in [0.2, 0.25) is 5.95 Å². The monoisotopic (exact) mass is 340 g/mol. The number of fused-ring (bicyclic) bond motifs is 1. The van der Waals surface area contributed by atoms with Crippen molar-refractivity contribution < 1.29 is 9.53 Å². The molecule has 2 N–H and O–H groups in total. The van der Waals surface area contributed by atoms with Gasteiger partial charge in [0, 0.05) is 24.7 Å². The Morgan fingerprint density at radius 3 is 2.68 bits per heavy atom. The highest BCUT2D eigenvalue weighted by Crippen LogP contribution is 2.24. The fraction of sp³-hybridized carbons (Fsp3) is 0.421. The summed E-state index contributed by atoms with van der Waals surface area (Å²) in [6.07, 6.45) is 5.38. The van der Waals surface area contributed by atoms with E-state index in [1.165, 1.54) is 5.57 Å². The number of nitrogen functional groups attached to an aromatic ring is 1. The van der Waals surface area contributed by atoms with Crippen LogP contribution in [0.4, 0.5) is 10.7 Å². The smallest absolute Gasteiger partial charge is 0.410 e. The zero-order valence-electron chi connectivity index (χ0n) is 15.0. The summed E-state index contributed by atoms with van der Waals surface area (Å²) < 4.78 is 5.44. The van der Waals surface area contributed by atoms with Crippen LogP contribution >= 0.6 is 0 Å². The molecule has 0 radical (unpaired) electrons. The van der Waals surface area contributed by atoms with E-state index in [9.17, 15) is 4.79 Å². The third-order valence-corrected chi connectivity index (χ3v) is 4.09. The van der Waals surface area contributed by atoms with E-state index in [2.05, 4.69) is 22.1 Å².